The van der Waals surface area contributed by atoms with Crippen molar-refractivity contribution in [2.45, 2.75) is 44.1 Å². The first-order chi connectivity index (χ1) is 14.9. The number of nitrogens with one attached hydrogen (secondary N) is 1. The fourth-order valence-corrected chi connectivity index (χ4v) is 6.34. The van der Waals surface area contributed by atoms with E-state index in [1.165, 1.54) is 19.3 Å². The highest BCUT2D eigenvalue weighted by atomic mass is 35.5. The fraction of sp³-hybridized carbons (Fsp3) is 0.565. The van der Waals surface area contributed by atoms with Gasteiger partial charge in [-0.15, -0.1) is 0 Å². The van der Waals surface area contributed by atoms with Crippen LogP contribution in [0.4, 0.5) is 10.5 Å². The molecule has 4 aliphatic carbocycles. The molecule has 4 bridgehead atoms. The molecule has 1 amide bonds. The molecule has 8 heteroatoms. The zero-order chi connectivity index (χ0) is 21.6. The molecule has 1 aromatic heterocycles. The van der Waals surface area contributed by atoms with Crippen molar-refractivity contribution in [1.29, 1.82) is 0 Å². The van der Waals surface area contributed by atoms with Gasteiger partial charge in [0.1, 0.15) is 17.2 Å². The Bertz CT molecular complexity index is 1030. The van der Waals surface area contributed by atoms with Crippen molar-refractivity contribution in [3.05, 3.63) is 33.6 Å². The summed E-state index contributed by atoms with van der Waals surface area (Å²) >= 11 is 6.34. The summed E-state index contributed by atoms with van der Waals surface area (Å²) < 4.78 is 21.5. The van der Waals surface area contributed by atoms with Crippen LogP contribution in [0.1, 0.15) is 38.5 Å². The van der Waals surface area contributed by atoms with Gasteiger partial charge in [0.15, 0.2) is 0 Å². The van der Waals surface area contributed by atoms with Gasteiger partial charge in [-0.25, -0.2) is 9.59 Å². The minimum atomic E-state index is -0.593. The second kappa shape index (κ2) is 8.02. The number of fused-ring (bicyclic) bond motifs is 1. The zero-order valence-corrected chi connectivity index (χ0v) is 18.2. The third-order valence-corrected chi connectivity index (χ3v) is 7.26. The molecule has 1 N–H and O–H groups in total. The van der Waals surface area contributed by atoms with E-state index in [0.29, 0.717) is 35.4 Å². The monoisotopic (exact) mass is 447 g/mol. The van der Waals surface area contributed by atoms with E-state index in [0.717, 1.165) is 19.3 Å². The summed E-state index contributed by atoms with van der Waals surface area (Å²) in [4.78, 5) is 25.1. The van der Waals surface area contributed by atoms with Gasteiger partial charge in [-0.05, 0) is 68.4 Å². The van der Waals surface area contributed by atoms with Gasteiger partial charge in [0.05, 0.1) is 12.0 Å². The molecular weight excluding hydrogens is 422 g/mol. The number of hydrogen-bond acceptors (Lipinski definition) is 6. The second-order valence-corrected chi connectivity index (χ2v) is 9.59. The lowest BCUT2D eigenvalue weighted by molar-refractivity contribution is -0.124. The Hall–Kier alpha value is -2.25. The van der Waals surface area contributed by atoms with Gasteiger partial charge in [-0.2, -0.15) is 0 Å². The number of halogens is 1. The molecule has 0 aliphatic heterocycles. The average molecular weight is 448 g/mol. The van der Waals surface area contributed by atoms with E-state index in [2.05, 4.69) is 5.32 Å². The smallest absolute Gasteiger partial charge is 0.412 e. The lowest BCUT2D eigenvalue weighted by Crippen LogP contribution is -2.53. The largest absolute Gasteiger partial charge is 0.462 e. The fourth-order valence-electron chi connectivity index (χ4n) is 6.08. The predicted octanol–water partition coefficient (Wildman–Crippen LogP) is 4.99. The summed E-state index contributed by atoms with van der Waals surface area (Å²) in [6, 6.07) is 4.90. The number of hydrogen-bond donors (Lipinski definition) is 1. The predicted molar refractivity (Wildman–Crippen MR) is 116 cm³/mol. The number of carbonyl (C=O) groups excluding carboxylic acids is 1. The third-order valence-electron chi connectivity index (χ3n) is 6.90. The second-order valence-electron chi connectivity index (χ2n) is 9.21. The summed E-state index contributed by atoms with van der Waals surface area (Å²) in [6.07, 6.45) is 6.27. The van der Waals surface area contributed by atoms with Crippen LogP contribution in [0.15, 0.2) is 27.4 Å². The highest BCUT2D eigenvalue weighted by Gasteiger charge is 2.53. The highest BCUT2D eigenvalue weighted by molar-refractivity contribution is 6.36. The van der Waals surface area contributed by atoms with Crippen LogP contribution in [0.2, 0.25) is 5.02 Å². The minimum Gasteiger partial charge on any atom is -0.462 e. The Kier molecular flexibility index (Phi) is 5.34. The maximum Gasteiger partial charge on any atom is 0.412 e. The normalized spacial score (nSPS) is 28.6. The SMILES string of the molecule is COCCOc1oc(=O)c2cc(NC(=O)OC34CC5CC(CC(C5)C3)C4)ccc2c1Cl. The summed E-state index contributed by atoms with van der Waals surface area (Å²) in [5, 5.41) is 3.73. The van der Waals surface area contributed by atoms with Crippen LogP contribution >= 0.6 is 11.6 Å². The number of rotatable bonds is 6. The molecule has 0 saturated heterocycles. The summed E-state index contributed by atoms with van der Waals surface area (Å²) in [6.45, 7) is 0.549. The topological polar surface area (TPSA) is 87.0 Å². The van der Waals surface area contributed by atoms with E-state index in [4.69, 9.17) is 30.2 Å². The van der Waals surface area contributed by atoms with Gasteiger partial charge < -0.3 is 18.6 Å². The van der Waals surface area contributed by atoms with Gasteiger partial charge in [0.25, 0.3) is 0 Å². The first-order valence-corrected chi connectivity index (χ1v) is 11.2. The Labute approximate surface area is 185 Å². The van der Waals surface area contributed by atoms with E-state index in [-0.39, 0.29) is 28.6 Å². The number of benzene rings is 1. The Morgan fingerprint density at radius 2 is 1.81 bits per heavy atom. The molecular formula is C23H26ClNO6. The van der Waals surface area contributed by atoms with Gasteiger partial charge in [-0.3, -0.25) is 5.32 Å². The molecule has 0 atom stereocenters. The van der Waals surface area contributed by atoms with Crippen LogP contribution in [0.3, 0.4) is 0 Å². The Balaban J connectivity index is 1.31. The Morgan fingerprint density at radius 1 is 1.13 bits per heavy atom. The zero-order valence-electron chi connectivity index (χ0n) is 17.4. The van der Waals surface area contributed by atoms with Gasteiger partial charge in [0, 0.05) is 18.2 Å². The summed E-state index contributed by atoms with van der Waals surface area (Å²) in [7, 11) is 1.55. The number of ether oxygens (including phenoxy) is 3. The van der Waals surface area contributed by atoms with Crippen molar-refractivity contribution in [3.8, 4) is 5.95 Å². The lowest BCUT2D eigenvalue weighted by atomic mass is 9.54. The van der Waals surface area contributed by atoms with Crippen molar-refractivity contribution >= 4 is 34.2 Å². The molecule has 0 radical (unpaired) electrons. The third kappa shape index (κ3) is 4.01. The minimum absolute atomic E-state index is 0.0434. The number of anilines is 1. The van der Waals surface area contributed by atoms with Gasteiger partial charge in [0.2, 0.25) is 0 Å². The van der Waals surface area contributed by atoms with Crippen LogP contribution in [-0.2, 0) is 9.47 Å². The molecule has 2 aromatic rings. The molecule has 4 aliphatic rings. The molecule has 7 nitrogen and oxygen atoms in total. The van der Waals surface area contributed by atoms with E-state index in [1.54, 1.807) is 25.3 Å². The van der Waals surface area contributed by atoms with Crippen molar-refractivity contribution in [3.63, 3.8) is 0 Å². The van der Waals surface area contributed by atoms with Crippen molar-refractivity contribution < 1.29 is 23.4 Å². The maximum atomic E-state index is 12.7. The van der Waals surface area contributed by atoms with Crippen molar-refractivity contribution in [2.24, 2.45) is 17.8 Å². The van der Waals surface area contributed by atoms with Gasteiger partial charge >= 0.3 is 17.7 Å². The molecule has 1 aromatic carbocycles. The lowest BCUT2D eigenvalue weighted by Gasteiger charge is -2.55. The van der Waals surface area contributed by atoms with E-state index < -0.39 is 11.7 Å². The average Bonchev–Trinajstić information content (AvgIpc) is 2.70. The van der Waals surface area contributed by atoms with Crippen molar-refractivity contribution in [1.82, 2.24) is 0 Å². The molecule has 0 unspecified atom stereocenters. The van der Waals surface area contributed by atoms with E-state index in [1.807, 2.05) is 0 Å². The quantitative estimate of drug-likeness (QED) is 0.628. The van der Waals surface area contributed by atoms with E-state index in [9.17, 15) is 9.59 Å². The van der Waals surface area contributed by atoms with Crippen LogP contribution in [0.25, 0.3) is 10.8 Å². The molecule has 31 heavy (non-hydrogen) atoms. The first kappa shape index (κ1) is 20.6. The van der Waals surface area contributed by atoms with E-state index >= 15 is 0 Å². The van der Waals surface area contributed by atoms with Crippen LogP contribution < -0.4 is 15.7 Å². The molecule has 4 saturated carbocycles. The molecule has 6 rings (SSSR count). The highest BCUT2D eigenvalue weighted by Crippen LogP contribution is 2.57. The molecule has 1 heterocycles. The molecule has 0 spiro atoms. The molecule has 4 fully saturated rings. The summed E-state index contributed by atoms with van der Waals surface area (Å²) in [5.41, 5.74) is -0.463. The standard InChI is InChI=1S/C23H26ClNO6/c1-28-4-5-29-21-19(24)17-3-2-16(9-18(17)20(26)30-21)25-22(27)31-23-10-13-6-14(11-23)8-15(7-13)12-23/h2-3,9,13-15H,4-8,10-12H2,1H3,(H,25,27). The van der Waals surface area contributed by atoms with Crippen LogP contribution in [-0.4, -0.2) is 32.0 Å². The van der Waals surface area contributed by atoms with Gasteiger partial charge in [-0.1, -0.05) is 17.7 Å². The maximum absolute atomic E-state index is 12.7. The summed E-state index contributed by atoms with van der Waals surface area (Å²) in [5.74, 6) is 2.02. The Morgan fingerprint density at radius 3 is 2.45 bits per heavy atom. The number of amides is 1. The first-order valence-electron chi connectivity index (χ1n) is 10.8. The van der Waals surface area contributed by atoms with Crippen molar-refractivity contribution in [2.75, 3.05) is 25.6 Å². The van der Waals surface area contributed by atoms with Crippen LogP contribution in [0.5, 0.6) is 5.95 Å². The number of methoxy groups -OCH3 is 1. The van der Waals surface area contributed by atoms with Crippen LogP contribution in [0, 0.1) is 17.8 Å². The molecule has 166 valence electrons. The number of carbonyl (C=O) groups is 1.